The average Bonchev–Trinajstić information content (AvgIpc) is 1.65. The first-order valence-corrected chi connectivity index (χ1v) is 2.69. The SMILES string of the molecule is CC(C)=CC(C)[C]=O. The number of hydrogen-bond donors (Lipinski definition) is 0. The minimum absolute atomic E-state index is 0.0417. The van der Waals surface area contributed by atoms with E-state index < -0.39 is 0 Å². The summed E-state index contributed by atoms with van der Waals surface area (Å²) in [4.78, 5) is 9.87. The Morgan fingerprint density at radius 3 is 2.25 bits per heavy atom. The van der Waals surface area contributed by atoms with Crippen LogP contribution >= 0.6 is 0 Å². The quantitative estimate of drug-likeness (QED) is 0.496. The molecule has 0 amide bonds. The predicted molar refractivity (Wildman–Crippen MR) is 34.3 cm³/mol. The fraction of sp³-hybridized carbons (Fsp3) is 0.571. The molecular formula is C7H11O. The zero-order chi connectivity index (χ0) is 6.57. The Bertz CT molecular complexity index is 99.0. The van der Waals surface area contributed by atoms with Crippen LogP contribution < -0.4 is 0 Å². The van der Waals surface area contributed by atoms with E-state index in [9.17, 15) is 4.79 Å². The van der Waals surface area contributed by atoms with Crippen molar-refractivity contribution >= 4 is 6.29 Å². The van der Waals surface area contributed by atoms with Gasteiger partial charge in [0.25, 0.3) is 0 Å². The summed E-state index contributed by atoms with van der Waals surface area (Å²) in [5, 5.41) is 0. The third kappa shape index (κ3) is 3.59. The van der Waals surface area contributed by atoms with E-state index in [1.807, 2.05) is 33.1 Å². The summed E-state index contributed by atoms with van der Waals surface area (Å²) < 4.78 is 0. The molecule has 45 valence electrons. The number of carbonyl (C=O) groups excluding carboxylic acids is 1. The van der Waals surface area contributed by atoms with Gasteiger partial charge in [-0.1, -0.05) is 18.6 Å². The van der Waals surface area contributed by atoms with Gasteiger partial charge in [0, 0.05) is 5.92 Å². The van der Waals surface area contributed by atoms with Crippen molar-refractivity contribution < 1.29 is 4.79 Å². The van der Waals surface area contributed by atoms with Crippen LogP contribution in [0.1, 0.15) is 20.8 Å². The molecule has 0 aliphatic heterocycles. The highest BCUT2D eigenvalue weighted by atomic mass is 16.1. The number of rotatable bonds is 2. The van der Waals surface area contributed by atoms with Crippen molar-refractivity contribution in [2.24, 2.45) is 5.92 Å². The van der Waals surface area contributed by atoms with Crippen LogP contribution in [0.5, 0.6) is 0 Å². The molecule has 0 fully saturated rings. The molecule has 0 N–H and O–H groups in total. The Kier molecular flexibility index (Phi) is 3.16. The molecule has 0 aliphatic carbocycles. The van der Waals surface area contributed by atoms with Gasteiger partial charge >= 0.3 is 0 Å². The van der Waals surface area contributed by atoms with Gasteiger partial charge < -0.3 is 0 Å². The molecule has 1 atom stereocenters. The highest BCUT2D eigenvalue weighted by Gasteiger charge is 1.91. The van der Waals surface area contributed by atoms with E-state index in [0.29, 0.717) is 0 Å². The van der Waals surface area contributed by atoms with Gasteiger partial charge in [0.05, 0.1) is 0 Å². The molecule has 0 rings (SSSR count). The van der Waals surface area contributed by atoms with E-state index in [0.717, 1.165) is 0 Å². The number of hydrogen-bond acceptors (Lipinski definition) is 1. The normalized spacial score (nSPS) is 12.4. The van der Waals surface area contributed by atoms with E-state index in [1.54, 1.807) is 0 Å². The van der Waals surface area contributed by atoms with Gasteiger partial charge in [0.1, 0.15) is 0 Å². The van der Waals surface area contributed by atoms with Crippen LogP contribution in [-0.2, 0) is 4.79 Å². The summed E-state index contributed by atoms with van der Waals surface area (Å²) in [5.41, 5.74) is 1.17. The number of allylic oxidation sites excluding steroid dienone is 2. The first-order chi connectivity index (χ1) is 3.66. The lowest BCUT2D eigenvalue weighted by molar-refractivity contribution is 0.543. The smallest absolute Gasteiger partial charge is 0.205 e. The van der Waals surface area contributed by atoms with Gasteiger partial charge in [-0.15, -0.1) is 0 Å². The topological polar surface area (TPSA) is 17.1 Å². The highest BCUT2D eigenvalue weighted by Crippen LogP contribution is 1.97. The molecule has 0 spiro atoms. The van der Waals surface area contributed by atoms with E-state index >= 15 is 0 Å². The molecule has 0 bridgehead atoms. The van der Waals surface area contributed by atoms with Gasteiger partial charge in [-0.2, -0.15) is 0 Å². The van der Waals surface area contributed by atoms with Crippen LogP contribution in [0.3, 0.4) is 0 Å². The van der Waals surface area contributed by atoms with Crippen LogP contribution in [0, 0.1) is 5.92 Å². The largest absolute Gasteiger partial charge is 0.290 e. The third-order valence-electron chi connectivity index (χ3n) is 0.769. The molecule has 8 heavy (non-hydrogen) atoms. The van der Waals surface area contributed by atoms with Crippen LogP contribution in [0.15, 0.2) is 11.6 Å². The van der Waals surface area contributed by atoms with Gasteiger partial charge in [0.15, 0.2) is 0 Å². The standard InChI is InChI=1S/C7H11O/c1-6(2)4-7(3)5-8/h4,7H,1-3H3. The lowest BCUT2D eigenvalue weighted by Gasteiger charge is -1.91. The molecule has 0 saturated heterocycles. The second-order valence-electron chi connectivity index (χ2n) is 2.15. The zero-order valence-electron chi connectivity index (χ0n) is 5.56. The Labute approximate surface area is 50.4 Å². The Balaban J connectivity index is 3.68. The van der Waals surface area contributed by atoms with Gasteiger partial charge in [-0.3, -0.25) is 4.79 Å². The summed E-state index contributed by atoms with van der Waals surface area (Å²) in [6.07, 6.45) is 3.75. The van der Waals surface area contributed by atoms with Crippen molar-refractivity contribution in [3.05, 3.63) is 11.6 Å². The lowest BCUT2D eigenvalue weighted by atomic mass is 10.1. The monoisotopic (exact) mass is 111 g/mol. The third-order valence-corrected chi connectivity index (χ3v) is 0.769. The fourth-order valence-corrected chi connectivity index (χ4v) is 0.534. The summed E-state index contributed by atoms with van der Waals surface area (Å²) in [6, 6.07) is 0. The fourth-order valence-electron chi connectivity index (χ4n) is 0.534. The molecule has 0 saturated carbocycles. The predicted octanol–water partition coefficient (Wildman–Crippen LogP) is 1.70. The summed E-state index contributed by atoms with van der Waals surface area (Å²) in [6.45, 7) is 5.75. The molecule has 1 radical (unpaired) electrons. The molecule has 0 aromatic carbocycles. The minimum atomic E-state index is -0.0417. The Morgan fingerprint density at radius 2 is 2.12 bits per heavy atom. The van der Waals surface area contributed by atoms with Crippen molar-refractivity contribution in [2.45, 2.75) is 20.8 Å². The maximum Gasteiger partial charge on any atom is 0.205 e. The zero-order valence-corrected chi connectivity index (χ0v) is 5.56. The summed E-state index contributed by atoms with van der Waals surface area (Å²) in [5.74, 6) is -0.0417. The van der Waals surface area contributed by atoms with Gasteiger partial charge in [-0.05, 0) is 13.8 Å². The van der Waals surface area contributed by atoms with E-state index in [2.05, 4.69) is 0 Å². The maximum absolute atomic E-state index is 9.87. The lowest BCUT2D eigenvalue weighted by Crippen LogP contribution is -1.88. The maximum atomic E-state index is 9.87. The molecule has 1 heteroatoms. The van der Waals surface area contributed by atoms with Crippen LogP contribution in [0.2, 0.25) is 0 Å². The molecular weight excluding hydrogens is 100 g/mol. The van der Waals surface area contributed by atoms with Crippen molar-refractivity contribution in [1.29, 1.82) is 0 Å². The van der Waals surface area contributed by atoms with Crippen molar-refractivity contribution in [1.82, 2.24) is 0 Å². The van der Waals surface area contributed by atoms with Crippen LogP contribution in [0.25, 0.3) is 0 Å². The first kappa shape index (κ1) is 7.41. The Morgan fingerprint density at radius 1 is 1.62 bits per heavy atom. The first-order valence-electron chi connectivity index (χ1n) is 2.69. The highest BCUT2D eigenvalue weighted by molar-refractivity contribution is 5.56. The van der Waals surface area contributed by atoms with Gasteiger partial charge in [0.2, 0.25) is 6.29 Å². The molecule has 0 aliphatic rings. The van der Waals surface area contributed by atoms with Crippen molar-refractivity contribution in [3.8, 4) is 0 Å². The summed E-state index contributed by atoms with van der Waals surface area (Å²) in [7, 11) is 0. The molecule has 0 aromatic rings. The molecule has 0 aromatic heterocycles. The van der Waals surface area contributed by atoms with Crippen LogP contribution in [-0.4, -0.2) is 6.29 Å². The molecule has 1 unspecified atom stereocenters. The van der Waals surface area contributed by atoms with E-state index in [1.165, 1.54) is 5.57 Å². The van der Waals surface area contributed by atoms with E-state index in [-0.39, 0.29) is 5.92 Å². The second kappa shape index (κ2) is 3.42. The van der Waals surface area contributed by atoms with Crippen molar-refractivity contribution in [3.63, 3.8) is 0 Å². The minimum Gasteiger partial charge on any atom is -0.290 e. The average molecular weight is 111 g/mol. The van der Waals surface area contributed by atoms with E-state index in [4.69, 9.17) is 0 Å². The van der Waals surface area contributed by atoms with Crippen LogP contribution in [0.4, 0.5) is 0 Å². The molecule has 0 heterocycles. The second-order valence-corrected chi connectivity index (χ2v) is 2.15. The molecule has 1 nitrogen and oxygen atoms in total. The summed E-state index contributed by atoms with van der Waals surface area (Å²) >= 11 is 0. The van der Waals surface area contributed by atoms with Gasteiger partial charge in [-0.25, -0.2) is 0 Å². The van der Waals surface area contributed by atoms with Crippen molar-refractivity contribution in [2.75, 3.05) is 0 Å². The Hall–Kier alpha value is -0.590.